The highest BCUT2D eigenvalue weighted by Gasteiger charge is 2.39. The van der Waals surface area contributed by atoms with E-state index < -0.39 is 34.5 Å². The molecule has 2 aromatic rings. The van der Waals surface area contributed by atoms with Crippen LogP contribution in [0.5, 0.6) is 5.75 Å². The average Bonchev–Trinajstić information content (AvgIpc) is 2.84. The van der Waals surface area contributed by atoms with E-state index in [2.05, 4.69) is 26.3 Å². The van der Waals surface area contributed by atoms with Crippen LogP contribution >= 0.6 is 15.9 Å². The van der Waals surface area contributed by atoms with Crippen molar-refractivity contribution in [3.05, 3.63) is 44.2 Å². The van der Waals surface area contributed by atoms with E-state index in [-0.39, 0.29) is 21.5 Å². The van der Waals surface area contributed by atoms with Gasteiger partial charge in [-0.05, 0) is 35.8 Å². The predicted octanol–water partition coefficient (Wildman–Crippen LogP) is 3.79. The maximum atomic E-state index is 12.9. The molecule has 0 aliphatic rings. The number of hydrogen-bond donors (Lipinski definition) is 2. The summed E-state index contributed by atoms with van der Waals surface area (Å²) in [5, 5.41) is 26.2. The van der Waals surface area contributed by atoms with Crippen molar-refractivity contribution in [1.82, 2.24) is 9.78 Å². The third-order valence-electron chi connectivity index (χ3n) is 3.54. The fourth-order valence-corrected chi connectivity index (χ4v) is 2.63. The van der Waals surface area contributed by atoms with Gasteiger partial charge in [-0.3, -0.25) is 19.6 Å². The van der Waals surface area contributed by atoms with Crippen LogP contribution in [-0.4, -0.2) is 25.7 Å². The number of benzene rings is 1. The molecule has 26 heavy (non-hydrogen) atoms. The van der Waals surface area contributed by atoms with Crippen molar-refractivity contribution in [1.29, 1.82) is 0 Å². The van der Waals surface area contributed by atoms with Gasteiger partial charge in [-0.15, -0.1) is 0 Å². The molecular weight excluding hydrogens is 425 g/mol. The molecule has 12 heteroatoms. The third kappa shape index (κ3) is 3.79. The van der Waals surface area contributed by atoms with Crippen LogP contribution in [0.25, 0.3) is 0 Å². The van der Waals surface area contributed by atoms with Crippen molar-refractivity contribution in [2.24, 2.45) is 0 Å². The normalized spacial score (nSPS) is 12.7. The lowest BCUT2D eigenvalue weighted by atomic mass is 10.2. The topological polar surface area (TPSA) is 110 Å². The zero-order valence-corrected chi connectivity index (χ0v) is 14.9. The van der Waals surface area contributed by atoms with Crippen LogP contribution in [0.2, 0.25) is 0 Å². The van der Waals surface area contributed by atoms with E-state index in [1.165, 1.54) is 13.8 Å². The summed E-state index contributed by atoms with van der Waals surface area (Å²) in [4.78, 5) is 22.4. The summed E-state index contributed by atoms with van der Waals surface area (Å²) in [5.74, 6) is -1.24. The highest BCUT2D eigenvalue weighted by molar-refractivity contribution is 9.10. The van der Waals surface area contributed by atoms with Gasteiger partial charge in [0.25, 0.3) is 5.69 Å². The molecule has 0 aliphatic carbocycles. The lowest BCUT2D eigenvalue weighted by molar-refractivity contribution is -0.384. The lowest BCUT2D eigenvalue weighted by Crippen LogP contribution is -2.25. The number of nitrogens with zero attached hydrogens (tertiary/aromatic N) is 3. The van der Waals surface area contributed by atoms with Gasteiger partial charge in [-0.1, -0.05) is 0 Å². The Morgan fingerprint density at radius 2 is 2.08 bits per heavy atom. The molecule has 0 bridgehead atoms. The number of nitro groups is 1. The fraction of sp³-hybridized carbons (Fsp3) is 0.286. The Balaban J connectivity index is 2.32. The molecule has 0 spiro atoms. The Kier molecular flexibility index (Phi) is 5.26. The summed E-state index contributed by atoms with van der Waals surface area (Å²) < 4.78 is 39.4. The van der Waals surface area contributed by atoms with E-state index in [1.54, 1.807) is 0 Å². The molecule has 0 radical (unpaired) electrons. The first-order valence-corrected chi connectivity index (χ1v) is 7.82. The van der Waals surface area contributed by atoms with Gasteiger partial charge in [0.2, 0.25) is 5.91 Å². The summed E-state index contributed by atoms with van der Waals surface area (Å²) in [6.45, 7) is 2.65. The SMILES string of the molecule is Cc1c(Br)c(C(F)(F)F)nn1C(C)C(=O)Nc1cc([N+](=O)[O-])ccc1O. The second-order valence-corrected chi connectivity index (χ2v) is 6.11. The molecule has 1 atom stereocenters. The molecule has 140 valence electrons. The van der Waals surface area contributed by atoms with E-state index in [1.807, 2.05) is 0 Å². The highest BCUT2D eigenvalue weighted by atomic mass is 79.9. The number of carbonyl (C=O) groups is 1. The van der Waals surface area contributed by atoms with Crippen LogP contribution in [-0.2, 0) is 11.0 Å². The van der Waals surface area contributed by atoms with Gasteiger partial charge in [0.1, 0.15) is 11.8 Å². The quantitative estimate of drug-likeness (QED) is 0.430. The molecule has 1 amide bonds. The first-order valence-electron chi connectivity index (χ1n) is 7.03. The number of halogens is 4. The number of nitro benzene ring substituents is 1. The van der Waals surface area contributed by atoms with E-state index in [9.17, 15) is 33.2 Å². The van der Waals surface area contributed by atoms with Crippen molar-refractivity contribution in [2.45, 2.75) is 26.1 Å². The number of hydrogen-bond acceptors (Lipinski definition) is 5. The Bertz CT molecular complexity index is 882. The van der Waals surface area contributed by atoms with Crippen molar-refractivity contribution in [3.8, 4) is 5.75 Å². The largest absolute Gasteiger partial charge is 0.506 e. The van der Waals surface area contributed by atoms with E-state index in [0.717, 1.165) is 22.9 Å². The summed E-state index contributed by atoms with van der Waals surface area (Å²) in [5.41, 5.74) is -1.71. The molecule has 0 fully saturated rings. The minimum absolute atomic E-state index is 0.0724. The Morgan fingerprint density at radius 3 is 2.58 bits per heavy atom. The Hall–Kier alpha value is -2.63. The smallest absolute Gasteiger partial charge is 0.436 e. The van der Waals surface area contributed by atoms with Crippen LogP contribution in [0.1, 0.15) is 24.4 Å². The first kappa shape index (κ1) is 19.7. The number of phenolic OH excluding ortho intramolecular Hbond substituents is 1. The maximum Gasteiger partial charge on any atom is 0.436 e. The minimum Gasteiger partial charge on any atom is -0.506 e. The van der Waals surface area contributed by atoms with Crippen LogP contribution in [0.4, 0.5) is 24.5 Å². The molecule has 1 heterocycles. The van der Waals surface area contributed by atoms with Crippen LogP contribution in [0.3, 0.4) is 0 Å². The lowest BCUT2D eigenvalue weighted by Gasteiger charge is -2.15. The van der Waals surface area contributed by atoms with Gasteiger partial charge in [-0.25, -0.2) is 0 Å². The van der Waals surface area contributed by atoms with Crippen molar-refractivity contribution in [2.75, 3.05) is 5.32 Å². The number of carbonyl (C=O) groups excluding carboxylic acids is 1. The van der Waals surface area contributed by atoms with Crippen LogP contribution < -0.4 is 5.32 Å². The fourth-order valence-electron chi connectivity index (χ4n) is 2.14. The number of alkyl halides is 3. The molecule has 2 rings (SSSR count). The van der Waals surface area contributed by atoms with Gasteiger partial charge >= 0.3 is 6.18 Å². The predicted molar refractivity (Wildman–Crippen MR) is 87.8 cm³/mol. The van der Waals surface area contributed by atoms with Gasteiger partial charge in [0, 0.05) is 12.1 Å². The summed E-state index contributed by atoms with van der Waals surface area (Å²) in [6, 6.07) is 1.82. The number of non-ortho nitro benzene ring substituents is 1. The number of aromatic hydroxyl groups is 1. The number of anilines is 1. The van der Waals surface area contributed by atoms with Gasteiger partial charge in [-0.2, -0.15) is 18.3 Å². The average molecular weight is 437 g/mol. The monoisotopic (exact) mass is 436 g/mol. The molecule has 0 aliphatic heterocycles. The molecular formula is C14H12BrF3N4O4. The van der Waals surface area contributed by atoms with Crippen LogP contribution in [0, 0.1) is 17.0 Å². The molecule has 2 N–H and O–H groups in total. The van der Waals surface area contributed by atoms with Gasteiger partial charge < -0.3 is 10.4 Å². The number of phenols is 1. The first-order chi connectivity index (χ1) is 11.9. The Labute approximate surface area is 152 Å². The molecule has 1 unspecified atom stereocenters. The Morgan fingerprint density at radius 1 is 1.46 bits per heavy atom. The number of amides is 1. The molecule has 8 nitrogen and oxygen atoms in total. The van der Waals surface area contributed by atoms with Gasteiger partial charge in [0.05, 0.1) is 20.8 Å². The van der Waals surface area contributed by atoms with E-state index >= 15 is 0 Å². The summed E-state index contributed by atoms with van der Waals surface area (Å²) >= 11 is 2.81. The third-order valence-corrected chi connectivity index (χ3v) is 4.49. The zero-order chi connectivity index (χ0) is 19.8. The molecule has 1 aromatic heterocycles. The molecule has 0 saturated carbocycles. The highest BCUT2D eigenvalue weighted by Crippen LogP contribution is 2.36. The maximum absolute atomic E-state index is 12.9. The second-order valence-electron chi connectivity index (χ2n) is 5.31. The second kappa shape index (κ2) is 6.94. The summed E-state index contributed by atoms with van der Waals surface area (Å²) in [6.07, 6.45) is -4.71. The number of aromatic nitrogens is 2. The van der Waals surface area contributed by atoms with Crippen LogP contribution in [0.15, 0.2) is 22.7 Å². The minimum atomic E-state index is -4.71. The molecule has 1 aromatic carbocycles. The molecule has 0 saturated heterocycles. The van der Waals surface area contributed by atoms with Crippen molar-refractivity contribution in [3.63, 3.8) is 0 Å². The zero-order valence-electron chi connectivity index (χ0n) is 13.3. The number of nitrogens with one attached hydrogen (secondary N) is 1. The summed E-state index contributed by atoms with van der Waals surface area (Å²) in [7, 11) is 0. The number of rotatable bonds is 4. The van der Waals surface area contributed by atoms with Crippen molar-refractivity contribution >= 4 is 33.2 Å². The van der Waals surface area contributed by atoms with Gasteiger partial charge in [0.15, 0.2) is 5.69 Å². The van der Waals surface area contributed by atoms with Crippen molar-refractivity contribution < 1.29 is 28.0 Å². The van der Waals surface area contributed by atoms with E-state index in [0.29, 0.717) is 0 Å². The van der Waals surface area contributed by atoms with E-state index in [4.69, 9.17) is 0 Å². The standard InChI is InChI=1S/C14H12BrF3N4O4/c1-6-11(15)12(14(16,17)18)20-21(6)7(2)13(24)19-9-5-8(22(25)26)3-4-10(9)23/h3-5,7,23H,1-2H3,(H,19,24).